The van der Waals surface area contributed by atoms with Crippen LogP contribution in [-0.2, 0) is 10.0 Å². The molecule has 1 aromatic rings. The van der Waals surface area contributed by atoms with Crippen molar-refractivity contribution in [1.29, 1.82) is 0 Å². The largest absolute Gasteiger partial charge is 0.313 e. The van der Waals surface area contributed by atoms with E-state index in [1.165, 1.54) is 11.3 Å². The molecule has 0 aliphatic rings. The topological polar surface area (TPSA) is 58.2 Å². The van der Waals surface area contributed by atoms with Crippen molar-refractivity contribution in [2.45, 2.75) is 24.1 Å². The first-order valence-electron chi connectivity index (χ1n) is 4.83. The number of thiophene rings is 1. The van der Waals surface area contributed by atoms with Crippen molar-refractivity contribution in [2.75, 3.05) is 13.1 Å². The molecule has 1 heterocycles. The van der Waals surface area contributed by atoms with Crippen LogP contribution < -0.4 is 10.0 Å². The quantitative estimate of drug-likeness (QED) is 0.790. The van der Waals surface area contributed by atoms with E-state index in [1.807, 2.05) is 13.8 Å². The molecular formula is C9H16N2O2S2. The van der Waals surface area contributed by atoms with Crippen LogP contribution in [0.15, 0.2) is 21.7 Å². The number of nitrogens with one attached hydrogen (secondary N) is 2. The minimum absolute atomic E-state index is 0.143. The Morgan fingerprint density at radius 3 is 2.80 bits per heavy atom. The summed E-state index contributed by atoms with van der Waals surface area (Å²) in [5, 5.41) is 4.89. The fraction of sp³-hybridized carbons (Fsp3) is 0.556. The monoisotopic (exact) mass is 248 g/mol. The molecule has 86 valence electrons. The Morgan fingerprint density at radius 2 is 2.27 bits per heavy atom. The maximum Gasteiger partial charge on any atom is 0.250 e. The van der Waals surface area contributed by atoms with E-state index in [4.69, 9.17) is 0 Å². The van der Waals surface area contributed by atoms with Crippen LogP contribution in [0.25, 0.3) is 0 Å². The predicted molar refractivity (Wildman–Crippen MR) is 62.6 cm³/mol. The minimum Gasteiger partial charge on any atom is -0.313 e. The van der Waals surface area contributed by atoms with Gasteiger partial charge in [0.05, 0.1) is 0 Å². The summed E-state index contributed by atoms with van der Waals surface area (Å²) >= 11 is 1.22. The van der Waals surface area contributed by atoms with Crippen LogP contribution in [0.4, 0.5) is 0 Å². The van der Waals surface area contributed by atoms with Crippen LogP contribution in [-0.4, -0.2) is 27.5 Å². The first-order valence-corrected chi connectivity index (χ1v) is 7.19. The molecule has 15 heavy (non-hydrogen) atoms. The fourth-order valence-electron chi connectivity index (χ4n) is 1.14. The number of likely N-dealkylation sites (N-methyl/N-ethyl adjacent to an activating group) is 1. The van der Waals surface area contributed by atoms with Gasteiger partial charge in [0, 0.05) is 12.6 Å². The molecule has 0 unspecified atom stereocenters. The van der Waals surface area contributed by atoms with E-state index in [9.17, 15) is 8.42 Å². The molecule has 0 amide bonds. The van der Waals surface area contributed by atoms with Gasteiger partial charge in [-0.2, -0.15) is 0 Å². The second-order valence-electron chi connectivity index (χ2n) is 3.24. The van der Waals surface area contributed by atoms with E-state index in [0.29, 0.717) is 10.8 Å². The summed E-state index contributed by atoms with van der Waals surface area (Å²) in [6, 6.07) is 3.47. The Kier molecular flexibility index (Phi) is 4.72. The lowest BCUT2D eigenvalue weighted by Gasteiger charge is -2.12. The number of hydrogen-bond donors (Lipinski definition) is 2. The highest BCUT2D eigenvalue weighted by atomic mass is 32.2. The molecule has 4 nitrogen and oxygen atoms in total. The van der Waals surface area contributed by atoms with Gasteiger partial charge >= 0.3 is 0 Å². The van der Waals surface area contributed by atoms with Gasteiger partial charge in [0.1, 0.15) is 4.21 Å². The molecule has 0 saturated carbocycles. The zero-order chi connectivity index (χ0) is 11.3. The normalized spacial score (nSPS) is 14.0. The zero-order valence-electron chi connectivity index (χ0n) is 8.86. The molecule has 0 aromatic carbocycles. The summed E-state index contributed by atoms with van der Waals surface area (Å²) < 4.78 is 26.3. The summed E-state index contributed by atoms with van der Waals surface area (Å²) in [6.07, 6.45) is 0. The first-order chi connectivity index (χ1) is 7.06. The third-order valence-corrected chi connectivity index (χ3v) is 4.71. The van der Waals surface area contributed by atoms with Crippen LogP contribution in [0.2, 0.25) is 0 Å². The fourth-order valence-corrected chi connectivity index (χ4v) is 3.31. The standard InChI is InChI=1S/C9H16N2O2S2/c1-3-10-8(2)7-11-15(12,13)9-5-4-6-14-9/h4-6,8,10-11H,3,7H2,1-2H3/t8-/m1/s1. The summed E-state index contributed by atoms with van der Waals surface area (Å²) in [7, 11) is -3.30. The van der Waals surface area contributed by atoms with Gasteiger partial charge in [-0.3, -0.25) is 0 Å². The summed E-state index contributed by atoms with van der Waals surface area (Å²) in [5.41, 5.74) is 0. The van der Waals surface area contributed by atoms with E-state index in [0.717, 1.165) is 6.54 Å². The summed E-state index contributed by atoms with van der Waals surface area (Å²) in [4.78, 5) is 0. The highest BCUT2D eigenvalue weighted by Crippen LogP contribution is 2.14. The molecule has 1 atom stereocenters. The molecule has 0 aliphatic heterocycles. The van der Waals surface area contributed by atoms with Crippen molar-refractivity contribution in [3.05, 3.63) is 17.5 Å². The van der Waals surface area contributed by atoms with E-state index in [1.54, 1.807) is 17.5 Å². The Hall–Kier alpha value is -0.430. The lowest BCUT2D eigenvalue weighted by Crippen LogP contribution is -2.38. The molecule has 0 saturated heterocycles. The van der Waals surface area contributed by atoms with Gasteiger partial charge in [-0.15, -0.1) is 11.3 Å². The maximum atomic E-state index is 11.7. The smallest absolute Gasteiger partial charge is 0.250 e. The maximum absolute atomic E-state index is 11.7. The van der Waals surface area contributed by atoms with Gasteiger partial charge in [0.15, 0.2) is 0 Å². The Morgan fingerprint density at radius 1 is 1.53 bits per heavy atom. The lowest BCUT2D eigenvalue weighted by molar-refractivity contribution is 0.537. The van der Waals surface area contributed by atoms with Crippen molar-refractivity contribution < 1.29 is 8.42 Å². The van der Waals surface area contributed by atoms with Gasteiger partial charge in [-0.05, 0) is 24.9 Å². The molecule has 1 aromatic heterocycles. The average Bonchev–Trinajstić information content (AvgIpc) is 2.69. The predicted octanol–water partition coefficient (Wildman–Crippen LogP) is 1.02. The van der Waals surface area contributed by atoms with Crippen LogP contribution >= 0.6 is 11.3 Å². The van der Waals surface area contributed by atoms with Crippen LogP contribution in [0.5, 0.6) is 0 Å². The van der Waals surface area contributed by atoms with E-state index < -0.39 is 10.0 Å². The van der Waals surface area contributed by atoms with E-state index in [-0.39, 0.29) is 6.04 Å². The molecule has 1 rings (SSSR count). The average molecular weight is 248 g/mol. The Labute approximate surface area is 94.8 Å². The van der Waals surface area contributed by atoms with Gasteiger partial charge < -0.3 is 5.32 Å². The van der Waals surface area contributed by atoms with Gasteiger partial charge in [0.2, 0.25) is 10.0 Å². The van der Waals surface area contributed by atoms with Crippen molar-refractivity contribution in [3.8, 4) is 0 Å². The minimum atomic E-state index is -3.30. The van der Waals surface area contributed by atoms with Crippen molar-refractivity contribution in [3.63, 3.8) is 0 Å². The molecule has 2 N–H and O–H groups in total. The highest BCUT2D eigenvalue weighted by Gasteiger charge is 2.15. The van der Waals surface area contributed by atoms with Crippen molar-refractivity contribution in [2.24, 2.45) is 0 Å². The lowest BCUT2D eigenvalue weighted by atomic mass is 10.3. The van der Waals surface area contributed by atoms with Crippen LogP contribution in [0.1, 0.15) is 13.8 Å². The summed E-state index contributed by atoms with van der Waals surface area (Å²) in [5.74, 6) is 0. The zero-order valence-corrected chi connectivity index (χ0v) is 10.5. The number of rotatable bonds is 6. The number of hydrogen-bond acceptors (Lipinski definition) is 4. The molecule has 0 radical (unpaired) electrons. The molecule has 0 bridgehead atoms. The van der Waals surface area contributed by atoms with Gasteiger partial charge in [0.25, 0.3) is 0 Å². The van der Waals surface area contributed by atoms with Crippen LogP contribution in [0.3, 0.4) is 0 Å². The number of sulfonamides is 1. The molecule has 0 spiro atoms. The Balaban J connectivity index is 2.52. The molecule has 0 aliphatic carbocycles. The summed E-state index contributed by atoms with van der Waals surface area (Å²) in [6.45, 7) is 5.18. The van der Waals surface area contributed by atoms with Crippen molar-refractivity contribution >= 4 is 21.4 Å². The van der Waals surface area contributed by atoms with Crippen LogP contribution in [0, 0.1) is 0 Å². The highest BCUT2D eigenvalue weighted by molar-refractivity contribution is 7.91. The SMILES string of the molecule is CCN[C@H](C)CNS(=O)(=O)c1cccs1. The van der Waals surface area contributed by atoms with E-state index in [2.05, 4.69) is 10.0 Å². The second-order valence-corrected chi connectivity index (χ2v) is 6.18. The Bertz CT molecular complexity index is 373. The van der Waals surface area contributed by atoms with E-state index >= 15 is 0 Å². The third-order valence-electron chi connectivity index (χ3n) is 1.89. The van der Waals surface area contributed by atoms with Gasteiger partial charge in [-0.1, -0.05) is 13.0 Å². The molecule has 0 fully saturated rings. The van der Waals surface area contributed by atoms with Gasteiger partial charge in [-0.25, -0.2) is 13.1 Å². The molecule has 6 heteroatoms. The molecular weight excluding hydrogens is 232 g/mol. The first kappa shape index (κ1) is 12.6. The van der Waals surface area contributed by atoms with Crippen molar-refractivity contribution in [1.82, 2.24) is 10.0 Å². The third kappa shape index (κ3) is 3.90. The second kappa shape index (κ2) is 5.60.